The summed E-state index contributed by atoms with van der Waals surface area (Å²) in [5.41, 5.74) is 15.2. The quantitative estimate of drug-likeness (QED) is 0.655. The van der Waals surface area contributed by atoms with Crippen molar-refractivity contribution in [3.05, 3.63) is 23.3 Å². The highest BCUT2D eigenvalue weighted by Crippen LogP contribution is 2.32. The number of nitrogens with two attached hydrogens (primary N) is 2. The molecule has 1 aliphatic rings. The maximum absolute atomic E-state index is 5.99. The minimum Gasteiger partial charge on any atom is -0.495 e. The van der Waals surface area contributed by atoms with Crippen molar-refractivity contribution in [2.24, 2.45) is 5.73 Å². The molecule has 1 aliphatic carbocycles. The third-order valence-electron chi connectivity index (χ3n) is 2.88. The normalized spacial score (nSPS) is 20.3. The first-order valence-corrected chi connectivity index (χ1v) is 4.92. The first kappa shape index (κ1) is 9.34. The topological polar surface area (TPSA) is 61.3 Å². The van der Waals surface area contributed by atoms with Crippen molar-refractivity contribution in [1.82, 2.24) is 0 Å². The summed E-state index contributed by atoms with van der Waals surface area (Å²) in [6.07, 6.45) is 2.92. The van der Waals surface area contributed by atoms with Crippen LogP contribution in [0, 0.1) is 0 Å². The van der Waals surface area contributed by atoms with Gasteiger partial charge in [-0.2, -0.15) is 0 Å². The number of methoxy groups -OCH3 is 1. The molecule has 0 unspecified atom stereocenters. The Labute approximate surface area is 84.0 Å². The fourth-order valence-corrected chi connectivity index (χ4v) is 2.07. The van der Waals surface area contributed by atoms with Crippen LogP contribution in [0.15, 0.2) is 12.1 Å². The highest BCUT2D eigenvalue weighted by atomic mass is 16.5. The Kier molecular flexibility index (Phi) is 2.33. The van der Waals surface area contributed by atoms with Gasteiger partial charge in [-0.25, -0.2) is 0 Å². The standard InChI is InChI=1S/C11H16N2O/c1-14-10-5-2-7-6-8(12)3-4-9(7)11(10)13/h2,5,8H,3-4,6,12-13H2,1H3/t8-/m0/s1. The molecule has 0 saturated carbocycles. The average Bonchev–Trinajstić information content (AvgIpc) is 2.18. The maximum Gasteiger partial charge on any atom is 0.142 e. The molecular formula is C11H16N2O. The third kappa shape index (κ3) is 1.44. The van der Waals surface area contributed by atoms with Gasteiger partial charge in [-0.3, -0.25) is 0 Å². The van der Waals surface area contributed by atoms with Crippen LogP contribution in [0.5, 0.6) is 5.75 Å². The van der Waals surface area contributed by atoms with Crippen molar-refractivity contribution < 1.29 is 4.74 Å². The van der Waals surface area contributed by atoms with E-state index in [2.05, 4.69) is 6.07 Å². The number of rotatable bonds is 1. The summed E-state index contributed by atoms with van der Waals surface area (Å²) in [6.45, 7) is 0. The minimum absolute atomic E-state index is 0.287. The third-order valence-corrected chi connectivity index (χ3v) is 2.88. The van der Waals surface area contributed by atoms with E-state index in [1.54, 1.807) is 7.11 Å². The Morgan fingerprint density at radius 2 is 2.21 bits per heavy atom. The van der Waals surface area contributed by atoms with Gasteiger partial charge in [0.25, 0.3) is 0 Å². The molecule has 0 aliphatic heterocycles. The zero-order valence-corrected chi connectivity index (χ0v) is 8.42. The number of fused-ring (bicyclic) bond motifs is 1. The van der Waals surface area contributed by atoms with Crippen LogP contribution in [0.2, 0.25) is 0 Å². The van der Waals surface area contributed by atoms with E-state index < -0.39 is 0 Å². The SMILES string of the molecule is COc1ccc2c(c1N)CC[C@H](N)C2. The van der Waals surface area contributed by atoms with E-state index in [1.807, 2.05) is 6.07 Å². The molecule has 1 atom stereocenters. The van der Waals surface area contributed by atoms with Crippen molar-refractivity contribution in [1.29, 1.82) is 0 Å². The second kappa shape index (κ2) is 3.50. The molecule has 3 heteroatoms. The smallest absolute Gasteiger partial charge is 0.142 e. The van der Waals surface area contributed by atoms with Gasteiger partial charge in [0.15, 0.2) is 0 Å². The van der Waals surface area contributed by atoms with Crippen LogP contribution >= 0.6 is 0 Å². The molecule has 0 aromatic heterocycles. The highest BCUT2D eigenvalue weighted by molar-refractivity contribution is 5.62. The predicted octanol–water partition coefficient (Wildman–Crippen LogP) is 1.09. The predicted molar refractivity (Wildman–Crippen MR) is 57.4 cm³/mol. The Morgan fingerprint density at radius 3 is 2.93 bits per heavy atom. The van der Waals surface area contributed by atoms with Gasteiger partial charge >= 0.3 is 0 Å². The number of nitrogen functional groups attached to an aromatic ring is 1. The van der Waals surface area contributed by atoms with E-state index in [-0.39, 0.29) is 6.04 Å². The van der Waals surface area contributed by atoms with Crippen molar-refractivity contribution in [2.45, 2.75) is 25.3 Å². The van der Waals surface area contributed by atoms with Crippen molar-refractivity contribution in [3.63, 3.8) is 0 Å². The molecule has 2 rings (SSSR count). The van der Waals surface area contributed by atoms with Gasteiger partial charge < -0.3 is 16.2 Å². The molecule has 0 amide bonds. The molecule has 3 nitrogen and oxygen atoms in total. The van der Waals surface area contributed by atoms with Crippen LogP contribution in [-0.4, -0.2) is 13.2 Å². The molecule has 14 heavy (non-hydrogen) atoms. The molecule has 0 heterocycles. The second-order valence-corrected chi connectivity index (χ2v) is 3.82. The molecule has 0 spiro atoms. The van der Waals surface area contributed by atoms with Gasteiger partial charge in [-0.05, 0) is 36.5 Å². The van der Waals surface area contributed by atoms with Gasteiger partial charge in [0.05, 0.1) is 12.8 Å². The molecule has 1 aromatic rings. The van der Waals surface area contributed by atoms with Crippen LogP contribution in [0.1, 0.15) is 17.5 Å². The van der Waals surface area contributed by atoms with Crippen LogP contribution in [0.3, 0.4) is 0 Å². The monoisotopic (exact) mass is 192 g/mol. The van der Waals surface area contributed by atoms with Gasteiger partial charge in [-0.1, -0.05) is 6.07 Å². The number of hydrogen-bond acceptors (Lipinski definition) is 3. The molecule has 0 radical (unpaired) electrons. The summed E-state index contributed by atoms with van der Waals surface area (Å²) in [5, 5.41) is 0. The fraction of sp³-hybridized carbons (Fsp3) is 0.455. The van der Waals surface area contributed by atoms with Gasteiger partial charge in [-0.15, -0.1) is 0 Å². The zero-order chi connectivity index (χ0) is 10.1. The molecule has 0 saturated heterocycles. The van der Waals surface area contributed by atoms with E-state index in [9.17, 15) is 0 Å². The first-order valence-electron chi connectivity index (χ1n) is 4.92. The number of anilines is 1. The summed E-state index contributed by atoms with van der Waals surface area (Å²) in [4.78, 5) is 0. The van der Waals surface area contributed by atoms with E-state index in [0.717, 1.165) is 30.7 Å². The summed E-state index contributed by atoms with van der Waals surface area (Å²) >= 11 is 0. The Morgan fingerprint density at radius 1 is 1.43 bits per heavy atom. The van der Waals surface area contributed by atoms with E-state index in [1.165, 1.54) is 11.1 Å². The fourth-order valence-electron chi connectivity index (χ4n) is 2.07. The highest BCUT2D eigenvalue weighted by Gasteiger charge is 2.19. The van der Waals surface area contributed by atoms with Crippen LogP contribution in [0.4, 0.5) is 5.69 Å². The average molecular weight is 192 g/mol. The summed E-state index contributed by atoms with van der Waals surface area (Å²) in [7, 11) is 1.65. The first-order chi connectivity index (χ1) is 6.72. The Bertz CT molecular complexity index is 349. The summed E-state index contributed by atoms with van der Waals surface area (Å²) in [6, 6.07) is 4.28. The summed E-state index contributed by atoms with van der Waals surface area (Å²) < 4.78 is 5.18. The molecule has 1 aromatic carbocycles. The van der Waals surface area contributed by atoms with Crippen molar-refractivity contribution in [3.8, 4) is 5.75 Å². The Hall–Kier alpha value is -1.22. The lowest BCUT2D eigenvalue weighted by Gasteiger charge is -2.23. The number of ether oxygens (including phenoxy) is 1. The molecule has 76 valence electrons. The van der Waals surface area contributed by atoms with Crippen LogP contribution < -0.4 is 16.2 Å². The van der Waals surface area contributed by atoms with Crippen LogP contribution in [-0.2, 0) is 12.8 Å². The lowest BCUT2D eigenvalue weighted by atomic mass is 9.87. The lowest BCUT2D eigenvalue weighted by molar-refractivity contribution is 0.415. The lowest BCUT2D eigenvalue weighted by Crippen LogP contribution is -2.28. The number of benzene rings is 1. The van der Waals surface area contributed by atoms with Gasteiger partial charge in [0.2, 0.25) is 0 Å². The zero-order valence-electron chi connectivity index (χ0n) is 8.42. The van der Waals surface area contributed by atoms with Gasteiger partial charge in [0.1, 0.15) is 5.75 Å². The molecular weight excluding hydrogens is 176 g/mol. The molecule has 0 bridgehead atoms. The Balaban J connectivity index is 2.43. The maximum atomic E-state index is 5.99. The molecule has 0 fully saturated rings. The van der Waals surface area contributed by atoms with E-state index in [4.69, 9.17) is 16.2 Å². The second-order valence-electron chi connectivity index (χ2n) is 3.82. The number of hydrogen-bond donors (Lipinski definition) is 2. The summed E-state index contributed by atoms with van der Waals surface area (Å²) in [5.74, 6) is 0.777. The minimum atomic E-state index is 0.287. The van der Waals surface area contributed by atoms with Crippen molar-refractivity contribution >= 4 is 5.69 Å². The van der Waals surface area contributed by atoms with Crippen LogP contribution in [0.25, 0.3) is 0 Å². The molecule has 4 N–H and O–H groups in total. The van der Waals surface area contributed by atoms with E-state index >= 15 is 0 Å². The largest absolute Gasteiger partial charge is 0.495 e. The van der Waals surface area contributed by atoms with Gasteiger partial charge in [0, 0.05) is 6.04 Å². The van der Waals surface area contributed by atoms with E-state index in [0.29, 0.717) is 0 Å². The van der Waals surface area contributed by atoms with Crippen molar-refractivity contribution in [2.75, 3.05) is 12.8 Å².